The van der Waals surface area contributed by atoms with Gasteiger partial charge in [0.05, 0.1) is 8.95 Å². The molecule has 2 N–H and O–H groups in total. The first-order valence-corrected chi connectivity index (χ1v) is 9.33. The van der Waals surface area contributed by atoms with Gasteiger partial charge in [-0.3, -0.25) is 14.4 Å². The molecule has 0 atom stereocenters. The summed E-state index contributed by atoms with van der Waals surface area (Å²) >= 11 is 22.3. The Morgan fingerprint density at radius 2 is 1.48 bits per heavy atom. The standard InChI is InChI=1S/C5H4BrClN2O.C4H2BrClN2O.C4H3ClN2O/c1-9-5(10)3(6)2-4(7)8-9;5-2-1-3(6)7-8-4(2)9;5-3-1-2-4(8)7-6-3/h2H,1H3;1H,(H,8,9);1-2H,(H,7,8). The van der Waals surface area contributed by atoms with Crippen LogP contribution < -0.4 is 16.7 Å². The van der Waals surface area contributed by atoms with E-state index in [9.17, 15) is 14.4 Å². The van der Waals surface area contributed by atoms with E-state index in [1.807, 2.05) is 0 Å². The molecule has 0 fully saturated rings. The summed E-state index contributed by atoms with van der Waals surface area (Å²) in [5, 5.41) is 15.7. The van der Waals surface area contributed by atoms with Crippen LogP contribution in [0, 0.1) is 0 Å². The Morgan fingerprint density at radius 3 is 1.93 bits per heavy atom. The van der Waals surface area contributed by atoms with Crippen LogP contribution in [0.5, 0.6) is 0 Å². The normalized spacial score (nSPS) is 9.56. The fraction of sp³-hybridized carbons (Fsp3) is 0.0769. The summed E-state index contributed by atoms with van der Waals surface area (Å²) < 4.78 is 1.99. The second kappa shape index (κ2) is 11.3. The fourth-order valence-electron chi connectivity index (χ4n) is 1.23. The fourth-order valence-corrected chi connectivity index (χ4v) is 2.75. The molecule has 14 heteroatoms. The third kappa shape index (κ3) is 8.80. The zero-order valence-corrected chi connectivity index (χ0v) is 18.7. The Labute approximate surface area is 182 Å². The minimum absolute atomic E-state index is 0.190. The summed E-state index contributed by atoms with van der Waals surface area (Å²) in [4.78, 5) is 31.7. The molecule has 0 amide bonds. The SMILES string of the molecule is Cn1nc(Cl)cc(Br)c1=O.O=c1[nH]nc(Cl)cc1Br.O=c1ccc(Cl)n[nH]1. The highest BCUT2D eigenvalue weighted by Gasteiger charge is 1.99. The number of aromatic nitrogens is 6. The number of H-pyrrole nitrogens is 2. The lowest BCUT2D eigenvalue weighted by molar-refractivity contribution is 0.703. The van der Waals surface area contributed by atoms with Crippen molar-refractivity contribution in [3.8, 4) is 0 Å². The van der Waals surface area contributed by atoms with Crippen LogP contribution in [-0.4, -0.2) is 30.2 Å². The summed E-state index contributed by atoms with van der Waals surface area (Å²) in [6, 6.07) is 5.64. The molecule has 3 rings (SSSR count). The van der Waals surface area contributed by atoms with Crippen molar-refractivity contribution in [3.63, 3.8) is 0 Å². The lowest BCUT2D eigenvalue weighted by atomic mass is 10.6. The van der Waals surface area contributed by atoms with Gasteiger partial charge in [-0.2, -0.15) is 15.3 Å². The molecule has 0 aliphatic carbocycles. The lowest BCUT2D eigenvalue weighted by Crippen LogP contribution is -2.19. The van der Waals surface area contributed by atoms with Crippen molar-refractivity contribution in [3.05, 3.63) is 79.7 Å². The second-order valence-electron chi connectivity index (χ2n) is 4.36. The van der Waals surface area contributed by atoms with E-state index in [1.54, 1.807) is 7.05 Å². The Kier molecular flexibility index (Phi) is 9.88. The molecular formula is C13H9Br2Cl3N6O3. The zero-order valence-electron chi connectivity index (χ0n) is 13.2. The summed E-state index contributed by atoms with van der Waals surface area (Å²) in [7, 11) is 1.54. The van der Waals surface area contributed by atoms with E-state index in [2.05, 4.69) is 57.4 Å². The van der Waals surface area contributed by atoms with Gasteiger partial charge in [-0.1, -0.05) is 34.8 Å². The molecule has 0 radical (unpaired) electrons. The molecule has 0 aliphatic heterocycles. The number of halogens is 5. The minimum Gasteiger partial charge on any atom is -0.268 e. The average molecular weight is 563 g/mol. The number of hydrogen-bond donors (Lipinski definition) is 2. The predicted octanol–water partition coefficient (Wildman–Crippen LogP) is 2.81. The van der Waals surface area contributed by atoms with Crippen molar-refractivity contribution in [1.29, 1.82) is 0 Å². The summed E-state index contributed by atoms with van der Waals surface area (Å²) in [5.41, 5.74) is -0.710. The highest BCUT2D eigenvalue weighted by atomic mass is 79.9. The number of nitrogens with one attached hydrogen (secondary N) is 2. The first-order chi connectivity index (χ1) is 12.6. The molecule has 3 aromatic heterocycles. The monoisotopic (exact) mass is 560 g/mol. The smallest absolute Gasteiger partial charge is 0.268 e. The molecule has 0 unspecified atom stereocenters. The van der Waals surface area contributed by atoms with Crippen molar-refractivity contribution < 1.29 is 0 Å². The molecule has 0 saturated carbocycles. The van der Waals surface area contributed by atoms with Crippen LogP contribution in [0.25, 0.3) is 0 Å². The minimum atomic E-state index is -0.278. The Hall–Kier alpha value is -1.53. The highest BCUT2D eigenvalue weighted by Crippen LogP contribution is 2.07. The van der Waals surface area contributed by atoms with E-state index >= 15 is 0 Å². The molecular weight excluding hydrogens is 554 g/mol. The maximum Gasteiger partial charge on any atom is 0.280 e. The van der Waals surface area contributed by atoms with Crippen molar-refractivity contribution in [1.82, 2.24) is 30.2 Å². The number of rotatable bonds is 0. The second-order valence-corrected chi connectivity index (χ2v) is 7.23. The van der Waals surface area contributed by atoms with E-state index < -0.39 is 0 Å². The molecule has 9 nitrogen and oxygen atoms in total. The van der Waals surface area contributed by atoms with Crippen LogP contribution in [0.2, 0.25) is 15.5 Å². The maximum atomic E-state index is 10.9. The number of aryl methyl sites for hydroxylation is 1. The maximum absolute atomic E-state index is 10.9. The molecule has 0 spiro atoms. The van der Waals surface area contributed by atoms with E-state index in [4.69, 9.17) is 34.8 Å². The van der Waals surface area contributed by atoms with E-state index in [1.165, 1.54) is 28.9 Å². The number of aromatic amines is 2. The van der Waals surface area contributed by atoms with Crippen molar-refractivity contribution in [2.75, 3.05) is 0 Å². The van der Waals surface area contributed by atoms with Crippen molar-refractivity contribution in [2.45, 2.75) is 0 Å². The molecule has 3 aromatic rings. The van der Waals surface area contributed by atoms with Crippen LogP contribution >= 0.6 is 66.7 Å². The van der Waals surface area contributed by atoms with Crippen LogP contribution in [0.4, 0.5) is 0 Å². The van der Waals surface area contributed by atoms with Gasteiger partial charge in [-0.15, -0.1) is 0 Å². The van der Waals surface area contributed by atoms with E-state index in [0.29, 0.717) is 19.3 Å². The van der Waals surface area contributed by atoms with Gasteiger partial charge in [0.15, 0.2) is 10.3 Å². The lowest BCUT2D eigenvalue weighted by Gasteiger charge is -1.95. The first kappa shape index (κ1) is 23.5. The Balaban J connectivity index is 0.000000204. The molecule has 0 aromatic carbocycles. The molecule has 3 heterocycles. The van der Waals surface area contributed by atoms with Crippen LogP contribution in [-0.2, 0) is 7.05 Å². The van der Waals surface area contributed by atoms with Crippen LogP contribution in [0.1, 0.15) is 0 Å². The Morgan fingerprint density at radius 1 is 0.889 bits per heavy atom. The predicted molar refractivity (Wildman–Crippen MR) is 110 cm³/mol. The van der Waals surface area contributed by atoms with Crippen molar-refractivity contribution in [2.24, 2.45) is 7.05 Å². The summed E-state index contributed by atoms with van der Waals surface area (Å²) in [6.07, 6.45) is 0. The van der Waals surface area contributed by atoms with Crippen LogP contribution in [0.15, 0.2) is 47.6 Å². The van der Waals surface area contributed by atoms with Gasteiger partial charge >= 0.3 is 0 Å². The molecule has 27 heavy (non-hydrogen) atoms. The van der Waals surface area contributed by atoms with Gasteiger partial charge in [0.25, 0.3) is 16.7 Å². The molecule has 0 saturated heterocycles. The summed E-state index contributed by atoms with van der Waals surface area (Å²) in [6.45, 7) is 0. The summed E-state index contributed by atoms with van der Waals surface area (Å²) in [5.74, 6) is 0. The topological polar surface area (TPSA) is 126 Å². The molecule has 144 valence electrons. The van der Waals surface area contributed by atoms with Gasteiger partial charge in [0, 0.05) is 13.1 Å². The molecule has 0 aliphatic rings. The first-order valence-electron chi connectivity index (χ1n) is 6.61. The van der Waals surface area contributed by atoms with Crippen LogP contribution in [0.3, 0.4) is 0 Å². The van der Waals surface area contributed by atoms with Gasteiger partial charge in [-0.05, 0) is 50.1 Å². The average Bonchev–Trinajstić information content (AvgIpc) is 2.60. The molecule has 0 bridgehead atoms. The van der Waals surface area contributed by atoms with E-state index in [-0.39, 0.29) is 21.8 Å². The Bertz CT molecular complexity index is 1040. The number of hydrogen-bond acceptors (Lipinski definition) is 6. The van der Waals surface area contributed by atoms with Gasteiger partial charge < -0.3 is 0 Å². The number of nitrogens with zero attached hydrogens (tertiary/aromatic N) is 4. The highest BCUT2D eigenvalue weighted by molar-refractivity contribution is 9.10. The van der Waals surface area contributed by atoms with E-state index in [0.717, 1.165) is 0 Å². The zero-order chi connectivity index (χ0) is 20.6. The third-order valence-electron chi connectivity index (χ3n) is 2.36. The third-order valence-corrected chi connectivity index (χ3v) is 4.11. The van der Waals surface area contributed by atoms with Gasteiger partial charge in [0.2, 0.25) is 0 Å². The largest absolute Gasteiger partial charge is 0.280 e. The van der Waals surface area contributed by atoms with Gasteiger partial charge in [-0.25, -0.2) is 14.9 Å². The van der Waals surface area contributed by atoms with Gasteiger partial charge in [0.1, 0.15) is 5.15 Å². The van der Waals surface area contributed by atoms with Crippen molar-refractivity contribution >= 4 is 66.7 Å². The quantitative estimate of drug-likeness (QED) is 0.433.